The molecule has 0 aliphatic heterocycles. The highest BCUT2D eigenvalue weighted by Crippen LogP contribution is 1.93. The summed E-state index contributed by atoms with van der Waals surface area (Å²) < 4.78 is 4.60. The number of amides is 1. The van der Waals surface area contributed by atoms with Crippen molar-refractivity contribution in [1.29, 1.82) is 0 Å². The minimum absolute atomic E-state index is 0. The van der Waals surface area contributed by atoms with Crippen molar-refractivity contribution >= 4 is 18.3 Å². The van der Waals surface area contributed by atoms with Crippen molar-refractivity contribution in [2.24, 2.45) is 5.73 Å². The van der Waals surface area contributed by atoms with Gasteiger partial charge in [0.25, 0.3) is 0 Å². The zero-order valence-electron chi connectivity index (χ0n) is 5.11. The lowest BCUT2D eigenvalue weighted by Gasteiger charge is -1.84. The topological polar surface area (TPSA) is 69.1 Å². The molecule has 0 saturated carbocycles. The Morgan fingerprint density at radius 3 is 2.90 bits per heavy atom. The molecule has 2 N–H and O–H groups in total. The van der Waals surface area contributed by atoms with Gasteiger partial charge in [0.05, 0.1) is 12.1 Å². The van der Waals surface area contributed by atoms with Crippen LogP contribution in [0.15, 0.2) is 17.1 Å². The van der Waals surface area contributed by atoms with E-state index in [2.05, 4.69) is 9.40 Å². The molecule has 0 bridgehead atoms. The van der Waals surface area contributed by atoms with Gasteiger partial charge in [0.2, 0.25) is 5.91 Å². The van der Waals surface area contributed by atoms with E-state index in [1.807, 2.05) is 0 Å². The van der Waals surface area contributed by atoms with Crippen LogP contribution >= 0.6 is 12.4 Å². The number of halogens is 1. The predicted octanol–water partition coefficient (Wildman–Crippen LogP) is 0.124. The van der Waals surface area contributed by atoms with Crippen LogP contribution in [0.25, 0.3) is 0 Å². The standard InChI is InChI=1S/C5H6N2O2.ClH/c6-5(8)1-4-2-9-3-7-4;/h2-3H,1H2,(H2,6,8);1H. The van der Waals surface area contributed by atoms with E-state index in [0.717, 1.165) is 0 Å². The van der Waals surface area contributed by atoms with Gasteiger partial charge in [0.1, 0.15) is 6.26 Å². The van der Waals surface area contributed by atoms with Crippen LogP contribution in [0.3, 0.4) is 0 Å². The molecule has 56 valence electrons. The SMILES string of the molecule is Cl.NC(=O)Cc1cocn1. The van der Waals surface area contributed by atoms with E-state index in [1.54, 1.807) is 0 Å². The minimum Gasteiger partial charge on any atom is -0.451 e. The lowest BCUT2D eigenvalue weighted by molar-refractivity contribution is -0.117. The zero-order chi connectivity index (χ0) is 6.69. The molecule has 0 fully saturated rings. The van der Waals surface area contributed by atoms with Crippen LogP contribution in [0.4, 0.5) is 0 Å². The van der Waals surface area contributed by atoms with Crippen LogP contribution in [0, 0.1) is 0 Å². The Balaban J connectivity index is 0.000000810. The highest BCUT2D eigenvalue weighted by atomic mass is 35.5. The molecule has 0 unspecified atom stereocenters. The van der Waals surface area contributed by atoms with E-state index in [4.69, 9.17) is 5.73 Å². The maximum atomic E-state index is 10.2. The molecule has 0 aromatic carbocycles. The van der Waals surface area contributed by atoms with Crippen LogP contribution < -0.4 is 5.73 Å². The van der Waals surface area contributed by atoms with Crippen molar-refractivity contribution in [1.82, 2.24) is 4.98 Å². The third kappa shape index (κ3) is 2.50. The van der Waals surface area contributed by atoms with Crippen molar-refractivity contribution in [2.45, 2.75) is 6.42 Å². The largest absolute Gasteiger partial charge is 0.451 e. The summed E-state index contributed by atoms with van der Waals surface area (Å²) >= 11 is 0. The van der Waals surface area contributed by atoms with Gasteiger partial charge in [-0.15, -0.1) is 12.4 Å². The van der Waals surface area contributed by atoms with Crippen LogP contribution in [0.1, 0.15) is 5.69 Å². The summed E-state index contributed by atoms with van der Waals surface area (Å²) in [7, 11) is 0. The molecule has 10 heavy (non-hydrogen) atoms. The maximum absolute atomic E-state index is 10.2. The summed E-state index contributed by atoms with van der Waals surface area (Å²) in [6.07, 6.45) is 2.81. The molecule has 0 radical (unpaired) electrons. The molecule has 1 aromatic rings. The minimum atomic E-state index is -0.399. The second-order valence-electron chi connectivity index (χ2n) is 1.62. The second kappa shape index (κ2) is 3.90. The smallest absolute Gasteiger partial charge is 0.223 e. The fraction of sp³-hybridized carbons (Fsp3) is 0.200. The Morgan fingerprint density at radius 1 is 1.80 bits per heavy atom. The van der Waals surface area contributed by atoms with Crippen LogP contribution in [-0.4, -0.2) is 10.9 Å². The van der Waals surface area contributed by atoms with E-state index in [1.165, 1.54) is 12.7 Å². The Bertz CT molecular complexity index is 197. The maximum Gasteiger partial charge on any atom is 0.223 e. The third-order valence-corrected chi connectivity index (χ3v) is 0.839. The second-order valence-corrected chi connectivity index (χ2v) is 1.62. The van der Waals surface area contributed by atoms with Gasteiger partial charge in [-0.2, -0.15) is 0 Å². The number of hydrogen-bond donors (Lipinski definition) is 1. The number of oxazole rings is 1. The van der Waals surface area contributed by atoms with Gasteiger partial charge in [-0.05, 0) is 0 Å². The summed E-state index contributed by atoms with van der Waals surface area (Å²) in [6, 6.07) is 0. The first-order valence-electron chi connectivity index (χ1n) is 2.44. The number of rotatable bonds is 2. The first-order valence-corrected chi connectivity index (χ1v) is 2.44. The summed E-state index contributed by atoms with van der Waals surface area (Å²) in [6.45, 7) is 0. The average Bonchev–Trinajstić information content (AvgIpc) is 2.15. The molecule has 0 spiro atoms. The molecule has 0 aliphatic rings. The fourth-order valence-electron chi connectivity index (χ4n) is 0.503. The van der Waals surface area contributed by atoms with Gasteiger partial charge >= 0.3 is 0 Å². The van der Waals surface area contributed by atoms with E-state index < -0.39 is 5.91 Å². The van der Waals surface area contributed by atoms with Gasteiger partial charge < -0.3 is 10.2 Å². The number of nitrogens with zero attached hydrogens (tertiary/aromatic N) is 1. The number of carbonyl (C=O) groups excluding carboxylic acids is 1. The molecule has 0 saturated heterocycles. The Kier molecular flexibility index (Phi) is 3.49. The van der Waals surface area contributed by atoms with Gasteiger partial charge in [0.15, 0.2) is 6.39 Å². The summed E-state index contributed by atoms with van der Waals surface area (Å²) in [5, 5.41) is 0. The third-order valence-electron chi connectivity index (χ3n) is 0.839. The van der Waals surface area contributed by atoms with Gasteiger partial charge in [-0.25, -0.2) is 4.98 Å². The molecule has 1 aromatic heterocycles. The molecule has 1 rings (SSSR count). The molecular weight excluding hydrogens is 156 g/mol. The first-order chi connectivity index (χ1) is 4.29. The Hall–Kier alpha value is -1.03. The Morgan fingerprint density at radius 2 is 2.50 bits per heavy atom. The van der Waals surface area contributed by atoms with Crippen molar-refractivity contribution in [3.05, 3.63) is 18.4 Å². The number of hydrogen-bond acceptors (Lipinski definition) is 3. The molecule has 0 aliphatic carbocycles. The van der Waals surface area contributed by atoms with Crippen LogP contribution in [0.5, 0.6) is 0 Å². The fourth-order valence-corrected chi connectivity index (χ4v) is 0.503. The molecule has 1 heterocycles. The number of aromatic nitrogens is 1. The highest BCUT2D eigenvalue weighted by molar-refractivity contribution is 5.85. The number of nitrogens with two attached hydrogens (primary N) is 1. The predicted molar refractivity (Wildman–Crippen MR) is 36.6 cm³/mol. The van der Waals surface area contributed by atoms with Crippen molar-refractivity contribution < 1.29 is 9.21 Å². The van der Waals surface area contributed by atoms with Gasteiger partial charge in [-0.1, -0.05) is 0 Å². The van der Waals surface area contributed by atoms with Crippen LogP contribution in [-0.2, 0) is 11.2 Å². The number of primary amides is 1. The van der Waals surface area contributed by atoms with Gasteiger partial charge in [0, 0.05) is 0 Å². The lowest BCUT2D eigenvalue weighted by Crippen LogP contribution is -2.13. The quantitative estimate of drug-likeness (QED) is 0.672. The van der Waals surface area contributed by atoms with E-state index >= 15 is 0 Å². The van der Waals surface area contributed by atoms with Gasteiger partial charge in [-0.3, -0.25) is 4.79 Å². The highest BCUT2D eigenvalue weighted by Gasteiger charge is 1.98. The molecule has 4 nitrogen and oxygen atoms in total. The van der Waals surface area contributed by atoms with Crippen LogP contribution in [0.2, 0.25) is 0 Å². The van der Waals surface area contributed by atoms with E-state index in [0.29, 0.717) is 5.69 Å². The summed E-state index contributed by atoms with van der Waals surface area (Å²) in [5.74, 6) is -0.399. The van der Waals surface area contributed by atoms with Crippen molar-refractivity contribution in [3.63, 3.8) is 0 Å². The first kappa shape index (κ1) is 8.97. The zero-order valence-corrected chi connectivity index (χ0v) is 5.93. The average molecular weight is 163 g/mol. The Labute approximate surface area is 63.8 Å². The molecule has 1 amide bonds. The summed E-state index contributed by atoms with van der Waals surface area (Å²) in [5.41, 5.74) is 5.43. The normalized spacial score (nSPS) is 8.40. The van der Waals surface area contributed by atoms with Crippen molar-refractivity contribution in [2.75, 3.05) is 0 Å². The molecular formula is C5H7ClN2O2. The lowest BCUT2D eigenvalue weighted by atomic mass is 10.3. The molecule has 0 atom stereocenters. The number of carbonyl (C=O) groups is 1. The molecule has 5 heteroatoms. The summed E-state index contributed by atoms with van der Waals surface area (Å²) in [4.78, 5) is 13.9. The monoisotopic (exact) mass is 162 g/mol. The van der Waals surface area contributed by atoms with E-state index in [-0.39, 0.29) is 18.8 Å². The van der Waals surface area contributed by atoms with Crippen molar-refractivity contribution in [3.8, 4) is 0 Å². The van der Waals surface area contributed by atoms with E-state index in [9.17, 15) is 4.79 Å².